The molecule has 0 radical (unpaired) electrons. The first-order valence-corrected chi connectivity index (χ1v) is 10.3. The van der Waals surface area contributed by atoms with Crippen LogP contribution in [0.2, 0.25) is 0 Å². The summed E-state index contributed by atoms with van der Waals surface area (Å²) in [7, 11) is 0. The Bertz CT molecular complexity index is 1190. The van der Waals surface area contributed by atoms with Gasteiger partial charge in [0.15, 0.2) is 0 Å². The number of pyridine rings is 1. The monoisotopic (exact) mass is 429 g/mol. The SMILES string of the molecule is NC=C(C=NCc1cccc(Oc2cccc3c2CNC3)c1)Cc1cc(N)nc(N)c1N. The standard InChI is InChI=1S/C24H27N7O/c25-10-16(7-18-9-22(26)31-24(28)23(18)27)12-29-11-15-3-1-5-19(8-15)32-21-6-2-4-17-13-30-14-20(17)21/h1-6,8-10,12,30H,7,11,13-14,25,27H2,(H4,26,28,31). The van der Waals surface area contributed by atoms with E-state index >= 15 is 0 Å². The molecular weight excluding hydrogens is 402 g/mol. The number of aliphatic imine (C=N–C) groups is 1. The van der Waals surface area contributed by atoms with Gasteiger partial charge in [-0.3, -0.25) is 4.99 Å². The Labute approximate surface area is 187 Å². The number of benzene rings is 2. The summed E-state index contributed by atoms with van der Waals surface area (Å²) in [6, 6.07) is 15.7. The zero-order valence-corrected chi connectivity index (χ0v) is 17.7. The van der Waals surface area contributed by atoms with E-state index < -0.39 is 0 Å². The second kappa shape index (κ2) is 9.40. The lowest BCUT2D eigenvalue weighted by Crippen LogP contribution is -2.07. The van der Waals surface area contributed by atoms with Gasteiger partial charge in [0.05, 0.1) is 12.2 Å². The van der Waals surface area contributed by atoms with Gasteiger partial charge in [-0.2, -0.15) is 0 Å². The van der Waals surface area contributed by atoms with Gasteiger partial charge in [-0.15, -0.1) is 0 Å². The summed E-state index contributed by atoms with van der Waals surface area (Å²) >= 11 is 0. The fourth-order valence-electron chi connectivity index (χ4n) is 3.66. The molecule has 1 aromatic heterocycles. The molecule has 3 aromatic rings. The number of aromatic nitrogens is 1. The van der Waals surface area contributed by atoms with Gasteiger partial charge in [-0.05, 0) is 52.7 Å². The van der Waals surface area contributed by atoms with E-state index in [0.29, 0.717) is 24.5 Å². The van der Waals surface area contributed by atoms with Crippen molar-refractivity contribution in [2.75, 3.05) is 17.2 Å². The highest BCUT2D eigenvalue weighted by Crippen LogP contribution is 2.30. The number of anilines is 3. The second-order valence-electron chi connectivity index (χ2n) is 7.64. The van der Waals surface area contributed by atoms with Crippen molar-refractivity contribution in [2.24, 2.45) is 10.7 Å². The molecule has 0 aliphatic carbocycles. The van der Waals surface area contributed by atoms with Gasteiger partial charge in [0.25, 0.3) is 0 Å². The first kappa shape index (κ1) is 21.2. The zero-order chi connectivity index (χ0) is 22.5. The lowest BCUT2D eigenvalue weighted by Gasteiger charge is -2.11. The van der Waals surface area contributed by atoms with Crippen LogP contribution in [0.25, 0.3) is 0 Å². The topological polar surface area (TPSA) is 151 Å². The number of allylic oxidation sites excluding steroid dienone is 1. The van der Waals surface area contributed by atoms with Crippen molar-refractivity contribution < 1.29 is 4.74 Å². The maximum absolute atomic E-state index is 6.16. The summed E-state index contributed by atoms with van der Waals surface area (Å²) in [5, 5.41) is 3.36. The minimum Gasteiger partial charge on any atom is -0.457 e. The predicted molar refractivity (Wildman–Crippen MR) is 129 cm³/mol. The number of fused-ring (bicyclic) bond motifs is 1. The number of hydrogen-bond acceptors (Lipinski definition) is 8. The molecule has 9 N–H and O–H groups in total. The molecular formula is C24H27N7O. The van der Waals surface area contributed by atoms with Crippen molar-refractivity contribution in [1.82, 2.24) is 10.3 Å². The summed E-state index contributed by atoms with van der Waals surface area (Å²) in [6.45, 7) is 2.19. The minimum atomic E-state index is 0.213. The average molecular weight is 430 g/mol. The molecule has 4 rings (SSSR count). The van der Waals surface area contributed by atoms with Crippen molar-refractivity contribution in [1.29, 1.82) is 0 Å². The Balaban J connectivity index is 1.42. The number of nitrogens with zero attached hydrogens (tertiary/aromatic N) is 2. The van der Waals surface area contributed by atoms with Crippen LogP contribution in [0.3, 0.4) is 0 Å². The van der Waals surface area contributed by atoms with Gasteiger partial charge < -0.3 is 33.0 Å². The Hall–Kier alpha value is -4.04. The Morgan fingerprint density at radius 1 is 1.09 bits per heavy atom. The lowest BCUT2D eigenvalue weighted by molar-refractivity contribution is 0.475. The van der Waals surface area contributed by atoms with E-state index in [4.69, 9.17) is 27.7 Å². The Morgan fingerprint density at radius 3 is 2.78 bits per heavy atom. The third-order valence-corrected chi connectivity index (χ3v) is 5.31. The van der Waals surface area contributed by atoms with E-state index in [1.54, 1.807) is 12.3 Å². The van der Waals surface area contributed by atoms with Gasteiger partial charge in [0.2, 0.25) is 0 Å². The van der Waals surface area contributed by atoms with Crippen LogP contribution in [0.4, 0.5) is 17.3 Å². The molecule has 1 aliphatic rings. The van der Waals surface area contributed by atoms with E-state index in [2.05, 4.69) is 21.4 Å². The molecule has 0 bridgehead atoms. The van der Waals surface area contributed by atoms with E-state index in [0.717, 1.165) is 41.3 Å². The van der Waals surface area contributed by atoms with Crippen LogP contribution in [0.15, 0.2) is 65.3 Å². The molecule has 8 heteroatoms. The number of hydrogen-bond donors (Lipinski definition) is 5. The van der Waals surface area contributed by atoms with Crippen molar-refractivity contribution in [2.45, 2.75) is 26.1 Å². The average Bonchev–Trinajstić information content (AvgIpc) is 3.26. The van der Waals surface area contributed by atoms with Gasteiger partial charge in [0, 0.05) is 31.3 Å². The lowest BCUT2D eigenvalue weighted by atomic mass is 10.1. The molecule has 1 aliphatic heterocycles. The van der Waals surface area contributed by atoms with Crippen molar-refractivity contribution >= 4 is 23.5 Å². The number of nitrogens with two attached hydrogens (primary N) is 4. The molecule has 32 heavy (non-hydrogen) atoms. The van der Waals surface area contributed by atoms with Gasteiger partial charge >= 0.3 is 0 Å². The Kier molecular flexibility index (Phi) is 6.23. The van der Waals surface area contributed by atoms with Gasteiger partial charge in [-0.25, -0.2) is 4.98 Å². The van der Waals surface area contributed by atoms with E-state index in [9.17, 15) is 0 Å². The van der Waals surface area contributed by atoms with Crippen LogP contribution in [-0.2, 0) is 26.1 Å². The van der Waals surface area contributed by atoms with Crippen molar-refractivity contribution in [3.8, 4) is 11.5 Å². The third-order valence-electron chi connectivity index (χ3n) is 5.31. The van der Waals surface area contributed by atoms with Crippen LogP contribution in [-0.4, -0.2) is 11.2 Å². The largest absolute Gasteiger partial charge is 0.457 e. The van der Waals surface area contributed by atoms with Gasteiger partial charge in [-0.1, -0.05) is 24.3 Å². The fraction of sp³-hybridized carbons (Fsp3) is 0.167. The zero-order valence-electron chi connectivity index (χ0n) is 17.7. The van der Waals surface area contributed by atoms with Crippen LogP contribution >= 0.6 is 0 Å². The molecule has 0 saturated heterocycles. The molecule has 0 fully saturated rings. The van der Waals surface area contributed by atoms with E-state index in [-0.39, 0.29) is 5.82 Å². The molecule has 0 saturated carbocycles. The predicted octanol–water partition coefficient (Wildman–Crippen LogP) is 2.88. The van der Waals surface area contributed by atoms with Crippen LogP contribution in [0.5, 0.6) is 11.5 Å². The highest BCUT2D eigenvalue weighted by Gasteiger charge is 2.15. The molecule has 0 unspecified atom stereocenters. The molecule has 8 nitrogen and oxygen atoms in total. The van der Waals surface area contributed by atoms with E-state index in [1.807, 2.05) is 36.4 Å². The smallest absolute Gasteiger partial charge is 0.149 e. The maximum Gasteiger partial charge on any atom is 0.149 e. The molecule has 164 valence electrons. The van der Waals surface area contributed by atoms with Gasteiger partial charge in [0.1, 0.15) is 23.1 Å². The van der Waals surface area contributed by atoms with Crippen molar-refractivity contribution in [3.63, 3.8) is 0 Å². The number of nitrogens with one attached hydrogen (secondary N) is 1. The molecule has 0 amide bonds. The summed E-state index contributed by atoms with van der Waals surface area (Å²) in [4.78, 5) is 8.49. The third kappa shape index (κ3) is 4.81. The first-order chi connectivity index (χ1) is 15.5. The fourth-order valence-corrected chi connectivity index (χ4v) is 3.66. The normalized spacial score (nSPS) is 13.4. The summed E-state index contributed by atoms with van der Waals surface area (Å²) in [6.07, 6.45) is 3.69. The highest BCUT2D eigenvalue weighted by atomic mass is 16.5. The number of nitrogen functional groups attached to an aromatic ring is 3. The molecule has 2 heterocycles. The number of rotatable bonds is 7. The quantitative estimate of drug-likeness (QED) is 0.362. The summed E-state index contributed by atoms with van der Waals surface area (Å²) < 4.78 is 6.16. The van der Waals surface area contributed by atoms with Crippen LogP contribution < -0.4 is 33.0 Å². The Morgan fingerprint density at radius 2 is 1.94 bits per heavy atom. The first-order valence-electron chi connectivity index (χ1n) is 10.3. The minimum absolute atomic E-state index is 0.213. The molecule has 0 spiro atoms. The maximum atomic E-state index is 6.16. The van der Waals surface area contributed by atoms with Crippen LogP contribution in [0.1, 0.15) is 22.3 Å². The van der Waals surface area contributed by atoms with Crippen LogP contribution in [0, 0.1) is 0 Å². The molecule has 2 aromatic carbocycles. The summed E-state index contributed by atoms with van der Waals surface area (Å²) in [5.41, 5.74) is 28.8. The van der Waals surface area contributed by atoms with Crippen molar-refractivity contribution in [3.05, 3.63) is 82.6 Å². The second-order valence-corrected chi connectivity index (χ2v) is 7.64. The van der Waals surface area contributed by atoms with E-state index in [1.165, 1.54) is 17.3 Å². The number of ether oxygens (including phenoxy) is 1. The summed E-state index contributed by atoms with van der Waals surface area (Å²) in [5.74, 6) is 2.19. The highest BCUT2D eigenvalue weighted by molar-refractivity contribution is 5.80. The molecule has 0 atom stereocenters.